The van der Waals surface area contributed by atoms with Gasteiger partial charge in [-0.3, -0.25) is 9.10 Å². The fraction of sp³-hybridized carbons (Fsp3) is 0.316. The highest BCUT2D eigenvalue weighted by Gasteiger charge is 2.29. The molecule has 4 rings (SSSR count). The first-order valence-electron chi connectivity index (χ1n) is 8.83. The second-order valence-corrected chi connectivity index (χ2v) is 9.72. The van der Waals surface area contributed by atoms with Gasteiger partial charge in [0, 0.05) is 23.2 Å². The van der Waals surface area contributed by atoms with Gasteiger partial charge in [0.1, 0.15) is 0 Å². The molecule has 28 heavy (non-hydrogen) atoms. The maximum atomic E-state index is 12.8. The van der Waals surface area contributed by atoms with Crippen LogP contribution in [0.5, 0.6) is 0 Å². The van der Waals surface area contributed by atoms with Crippen molar-refractivity contribution >= 4 is 50.5 Å². The lowest BCUT2D eigenvalue weighted by Crippen LogP contribution is -2.26. The van der Waals surface area contributed by atoms with Crippen LogP contribution in [0.25, 0.3) is 0 Å². The number of amides is 1. The van der Waals surface area contributed by atoms with Crippen molar-refractivity contribution in [2.24, 2.45) is 0 Å². The summed E-state index contributed by atoms with van der Waals surface area (Å²) in [7, 11) is -3.34. The van der Waals surface area contributed by atoms with Gasteiger partial charge in [0.25, 0.3) is 5.91 Å². The minimum atomic E-state index is -3.34. The molecule has 0 aliphatic carbocycles. The molecule has 2 aromatic carbocycles. The van der Waals surface area contributed by atoms with E-state index in [9.17, 15) is 13.2 Å². The van der Waals surface area contributed by atoms with Crippen LogP contribution < -0.4 is 9.62 Å². The fourth-order valence-corrected chi connectivity index (χ4v) is 5.32. The molecule has 2 saturated heterocycles. The zero-order chi connectivity index (χ0) is 19.9. The van der Waals surface area contributed by atoms with E-state index >= 15 is 0 Å². The molecule has 148 valence electrons. The predicted molar refractivity (Wildman–Crippen MR) is 110 cm³/mol. The number of hydrogen-bond acceptors (Lipinski definition) is 4. The van der Waals surface area contributed by atoms with Crippen LogP contribution in [0.15, 0.2) is 36.4 Å². The molecule has 9 heteroatoms. The van der Waals surface area contributed by atoms with E-state index in [1.54, 1.807) is 12.1 Å². The van der Waals surface area contributed by atoms with Gasteiger partial charge in [-0.2, -0.15) is 0 Å². The van der Waals surface area contributed by atoms with Crippen LogP contribution in [-0.4, -0.2) is 39.8 Å². The first-order valence-corrected chi connectivity index (χ1v) is 11.2. The second-order valence-electron chi connectivity index (χ2n) is 6.87. The van der Waals surface area contributed by atoms with Crippen LogP contribution in [0.4, 0.5) is 11.4 Å². The highest BCUT2D eigenvalue weighted by atomic mass is 35.5. The van der Waals surface area contributed by atoms with Crippen LogP contribution in [0.3, 0.4) is 0 Å². The lowest BCUT2D eigenvalue weighted by atomic mass is 9.97. The van der Waals surface area contributed by atoms with Crippen molar-refractivity contribution < 1.29 is 17.9 Å². The number of nitrogens with zero attached hydrogens (tertiary/aromatic N) is 1. The number of nitrogens with one attached hydrogen (secondary N) is 1. The van der Waals surface area contributed by atoms with E-state index in [1.807, 2.05) is 12.1 Å². The smallest absolute Gasteiger partial charge is 0.257 e. The van der Waals surface area contributed by atoms with Crippen molar-refractivity contribution in [1.82, 2.24) is 0 Å². The molecule has 0 bridgehead atoms. The Balaban J connectivity index is 1.60. The third-order valence-corrected chi connectivity index (χ3v) is 7.29. The molecule has 0 saturated carbocycles. The number of halogens is 2. The molecular weight excluding hydrogens is 423 g/mol. The van der Waals surface area contributed by atoms with E-state index in [0.717, 1.165) is 5.56 Å². The Kier molecular flexibility index (Phi) is 5.26. The van der Waals surface area contributed by atoms with Crippen LogP contribution in [-0.2, 0) is 14.8 Å². The number of carbonyl (C=O) groups excluding carboxylic acids is 1. The first-order chi connectivity index (χ1) is 13.3. The molecule has 0 aromatic heterocycles. The highest BCUT2D eigenvalue weighted by Crippen LogP contribution is 2.31. The van der Waals surface area contributed by atoms with Crippen LogP contribution >= 0.6 is 23.2 Å². The molecule has 2 fully saturated rings. The lowest BCUT2D eigenvalue weighted by molar-refractivity contribution is 0.00845. The molecule has 0 radical (unpaired) electrons. The van der Waals surface area contributed by atoms with Crippen molar-refractivity contribution in [1.29, 1.82) is 0 Å². The molecule has 0 atom stereocenters. The molecule has 0 spiro atoms. The number of hydrogen-bond donors (Lipinski definition) is 1. The van der Waals surface area contributed by atoms with Gasteiger partial charge < -0.3 is 10.1 Å². The Morgan fingerprint density at radius 3 is 2.57 bits per heavy atom. The van der Waals surface area contributed by atoms with Gasteiger partial charge in [0.05, 0.1) is 35.2 Å². The molecule has 2 aliphatic heterocycles. The minimum absolute atomic E-state index is 0.104. The van der Waals surface area contributed by atoms with E-state index in [1.165, 1.54) is 16.4 Å². The number of ether oxygens (including phenoxy) is 1. The standard InChI is InChI=1S/C19H18Cl2N2O4S/c20-14-6-12(13-10-27-11-13)7-15(8-14)22-19(24)17-9-16(2-3-18(17)21)23-4-1-5-28(23,25)26/h2-3,6-9,13H,1,4-5,10-11H2,(H,22,24). The van der Waals surface area contributed by atoms with Crippen LogP contribution in [0, 0.1) is 0 Å². The van der Waals surface area contributed by atoms with E-state index in [0.29, 0.717) is 42.6 Å². The Hall–Kier alpha value is -1.80. The molecule has 2 aromatic rings. The maximum absolute atomic E-state index is 12.8. The summed E-state index contributed by atoms with van der Waals surface area (Å²) in [5, 5.41) is 3.56. The molecule has 0 unspecified atom stereocenters. The van der Waals surface area contributed by atoms with Crippen molar-refractivity contribution in [3.8, 4) is 0 Å². The van der Waals surface area contributed by atoms with Gasteiger partial charge in [0.2, 0.25) is 10.0 Å². The maximum Gasteiger partial charge on any atom is 0.257 e. The number of carbonyl (C=O) groups is 1. The van der Waals surface area contributed by atoms with Crippen LogP contribution in [0.2, 0.25) is 10.0 Å². The number of rotatable bonds is 4. The van der Waals surface area contributed by atoms with Gasteiger partial charge in [0.15, 0.2) is 0 Å². The normalized spacial score (nSPS) is 18.7. The first kappa shape index (κ1) is 19.5. The van der Waals surface area contributed by atoms with E-state index in [2.05, 4.69) is 5.32 Å². The van der Waals surface area contributed by atoms with Crippen molar-refractivity contribution in [2.45, 2.75) is 12.3 Å². The second kappa shape index (κ2) is 7.55. The molecule has 1 amide bonds. The number of benzene rings is 2. The molecule has 6 nitrogen and oxygen atoms in total. The Bertz CT molecular complexity index is 1040. The Labute approximate surface area is 173 Å². The summed E-state index contributed by atoms with van der Waals surface area (Å²) in [6, 6.07) is 10.0. The average Bonchev–Trinajstić information content (AvgIpc) is 2.92. The molecule has 1 N–H and O–H groups in total. The van der Waals surface area contributed by atoms with Crippen molar-refractivity contribution in [3.63, 3.8) is 0 Å². The lowest BCUT2D eigenvalue weighted by Gasteiger charge is -2.27. The zero-order valence-corrected chi connectivity index (χ0v) is 17.1. The predicted octanol–water partition coefficient (Wildman–Crippen LogP) is 3.90. The van der Waals surface area contributed by atoms with Crippen molar-refractivity contribution in [2.75, 3.05) is 35.1 Å². The van der Waals surface area contributed by atoms with Gasteiger partial charge >= 0.3 is 0 Å². The van der Waals surface area contributed by atoms with Gasteiger partial charge in [-0.1, -0.05) is 23.2 Å². The van der Waals surface area contributed by atoms with Gasteiger partial charge in [-0.05, 0) is 48.4 Å². The SMILES string of the molecule is O=C(Nc1cc(Cl)cc(C2COC2)c1)c1cc(N2CCCS2(=O)=O)ccc1Cl. The van der Waals surface area contributed by atoms with Gasteiger partial charge in [-0.25, -0.2) is 8.42 Å². The Morgan fingerprint density at radius 2 is 1.93 bits per heavy atom. The molecular formula is C19H18Cl2N2O4S. The Morgan fingerprint density at radius 1 is 1.14 bits per heavy atom. The van der Waals surface area contributed by atoms with Crippen molar-refractivity contribution in [3.05, 3.63) is 57.6 Å². The summed E-state index contributed by atoms with van der Waals surface area (Å²) in [5.41, 5.74) is 2.19. The van der Waals surface area contributed by atoms with E-state index in [-0.39, 0.29) is 22.3 Å². The fourth-order valence-electron chi connectivity index (χ4n) is 3.32. The van der Waals surface area contributed by atoms with Gasteiger partial charge in [-0.15, -0.1) is 0 Å². The third kappa shape index (κ3) is 3.85. The number of anilines is 2. The average molecular weight is 441 g/mol. The summed E-state index contributed by atoms with van der Waals surface area (Å²) < 4.78 is 30.8. The van der Waals surface area contributed by atoms with Crippen LogP contribution in [0.1, 0.15) is 28.3 Å². The summed E-state index contributed by atoms with van der Waals surface area (Å²) in [6.45, 7) is 1.66. The molecule has 2 heterocycles. The topological polar surface area (TPSA) is 75.7 Å². The summed E-state index contributed by atoms with van der Waals surface area (Å²) >= 11 is 12.4. The summed E-state index contributed by atoms with van der Waals surface area (Å²) in [6.07, 6.45) is 0.558. The zero-order valence-electron chi connectivity index (χ0n) is 14.8. The number of sulfonamides is 1. The largest absolute Gasteiger partial charge is 0.380 e. The molecule has 2 aliphatic rings. The quantitative estimate of drug-likeness (QED) is 0.781. The van der Waals surface area contributed by atoms with E-state index < -0.39 is 15.9 Å². The summed E-state index contributed by atoms with van der Waals surface area (Å²) in [5.74, 6) is -0.0592. The summed E-state index contributed by atoms with van der Waals surface area (Å²) in [4.78, 5) is 12.8. The minimum Gasteiger partial charge on any atom is -0.380 e. The highest BCUT2D eigenvalue weighted by molar-refractivity contribution is 7.93. The third-order valence-electron chi connectivity index (χ3n) is 4.87. The monoisotopic (exact) mass is 440 g/mol. The van der Waals surface area contributed by atoms with E-state index in [4.69, 9.17) is 27.9 Å².